The number of anilines is 1. The monoisotopic (exact) mass is 458 g/mol. The predicted octanol–water partition coefficient (Wildman–Crippen LogP) is 5.74. The molecule has 0 atom stereocenters. The average Bonchev–Trinajstić information content (AvgIpc) is 3.16. The van der Waals surface area contributed by atoms with E-state index in [4.69, 9.17) is 0 Å². The van der Waals surface area contributed by atoms with Gasteiger partial charge < -0.3 is 9.47 Å². The third kappa shape index (κ3) is 7.00. The molecule has 0 unspecified atom stereocenters. The number of aromatic nitrogens is 1. The van der Waals surface area contributed by atoms with Crippen molar-refractivity contribution in [2.24, 2.45) is 0 Å². The van der Waals surface area contributed by atoms with E-state index in [-0.39, 0.29) is 17.9 Å². The summed E-state index contributed by atoms with van der Waals surface area (Å²) >= 11 is 1.16. The molecule has 0 bridgehead atoms. The SMILES string of the molecule is O=C(Nc1nc(-c2ccc(OC(F)F)cc2)cs1)c1cccc(COCC(F)(F)F)c1. The maximum absolute atomic E-state index is 12.4. The van der Waals surface area contributed by atoms with Gasteiger partial charge in [0.05, 0.1) is 12.3 Å². The Balaban J connectivity index is 1.61. The van der Waals surface area contributed by atoms with Crippen molar-refractivity contribution >= 4 is 22.4 Å². The standard InChI is InChI=1S/C20H15F5N2O3S/c21-18(22)30-15-6-4-13(5-7-15)16-10-31-19(26-16)27-17(28)14-3-1-2-12(8-14)9-29-11-20(23,24)25/h1-8,10,18H,9,11H2,(H,26,27,28). The Morgan fingerprint density at radius 2 is 1.87 bits per heavy atom. The van der Waals surface area contributed by atoms with Gasteiger partial charge in [-0.2, -0.15) is 22.0 Å². The number of halogens is 5. The van der Waals surface area contributed by atoms with Gasteiger partial charge >= 0.3 is 12.8 Å². The third-order valence-electron chi connectivity index (χ3n) is 3.82. The minimum atomic E-state index is -4.42. The second-order valence-corrected chi connectivity index (χ2v) is 7.06. The van der Waals surface area contributed by atoms with Crippen LogP contribution in [0.4, 0.5) is 27.1 Å². The van der Waals surface area contributed by atoms with Gasteiger partial charge in [0, 0.05) is 16.5 Å². The number of nitrogens with zero attached hydrogens (tertiary/aromatic N) is 1. The van der Waals surface area contributed by atoms with Crippen molar-refractivity contribution in [3.05, 3.63) is 65.0 Å². The van der Waals surface area contributed by atoms with Crippen molar-refractivity contribution in [3.63, 3.8) is 0 Å². The number of thiazole rings is 1. The van der Waals surface area contributed by atoms with Crippen LogP contribution >= 0.6 is 11.3 Å². The predicted molar refractivity (Wildman–Crippen MR) is 104 cm³/mol. The smallest absolute Gasteiger partial charge is 0.411 e. The van der Waals surface area contributed by atoms with Crippen LogP contribution in [0.15, 0.2) is 53.9 Å². The molecular formula is C20H15F5N2O3S. The molecule has 5 nitrogen and oxygen atoms in total. The number of amides is 1. The number of hydrogen-bond acceptors (Lipinski definition) is 5. The molecule has 11 heteroatoms. The zero-order valence-electron chi connectivity index (χ0n) is 15.7. The molecule has 1 heterocycles. The van der Waals surface area contributed by atoms with Crippen LogP contribution in [-0.2, 0) is 11.3 Å². The molecule has 0 saturated heterocycles. The van der Waals surface area contributed by atoms with Crippen LogP contribution in [-0.4, -0.2) is 30.3 Å². The molecule has 0 saturated carbocycles. The Bertz CT molecular complexity index is 1020. The van der Waals surface area contributed by atoms with Gasteiger partial charge in [0.2, 0.25) is 0 Å². The third-order valence-corrected chi connectivity index (χ3v) is 4.58. The molecule has 1 aromatic heterocycles. The quantitative estimate of drug-likeness (QED) is 0.437. The van der Waals surface area contributed by atoms with Crippen molar-refractivity contribution in [1.82, 2.24) is 4.98 Å². The summed E-state index contributed by atoms with van der Waals surface area (Å²) < 4.78 is 69.8. The van der Waals surface area contributed by atoms with Crippen molar-refractivity contribution in [3.8, 4) is 17.0 Å². The number of ether oxygens (including phenoxy) is 2. The summed E-state index contributed by atoms with van der Waals surface area (Å²) in [7, 11) is 0. The maximum Gasteiger partial charge on any atom is 0.411 e. The minimum Gasteiger partial charge on any atom is -0.435 e. The van der Waals surface area contributed by atoms with Crippen LogP contribution in [0, 0.1) is 0 Å². The zero-order chi connectivity index (χ0) is 22.4. The van der Waals surface area contributed by atoms with Gasteiger partial charge in [-0.15, -0.1) is 11.3 Å². The summed E-state index contributed by atoms with van der Waals surface area (Å²) in [5, 5.41) is 4.60. The van der Waals surface area contributed by atoms with Crippen LogP contribution in [0.2, 0.25) is 0 Å². The lowest BCUT2D eigenvalue weighted by molar-refractivity contribution is -0.176. The zero-order valence-corrected chi connectivity index (χ0v) is 16.5. The molecule has 1 N–H and O–H groups in total. The van der Waals surface area contributed by atoms with E-state index in [1.165, 1.54) is 30.3 Å². The molecule has 0 spiro atoms. The highest BCUT2D eigenvalue weighted by molar-refractivity contribution is 7.14. The second kappa shape index (κ2) is 9.84. The van der Waals surface area contributed by atoms with Crippen molar-refractivity contribution in [2.45, 2.75) is 19.4 Å². The first kappa shape index (κ1) is 22.6. The van der Waals surface area contributed by atoms with Crippen LogP contribution in [0.1, 0.15) is 15.9 Å². The summed E-state index contributed by atoms with van der Waals surface area (Å²) in [5.41, 5.74) is 1.82. The fraction of sp³-hybridized carbons (Fsp3) is 0.200. The highest BCUT2D eigenvalue weighted by Crippen LogP contribution is 2.27. The molecule has 0 aliphatic heterocycles. The number of hydrogen-bond donors (Lipinski definition) is 1. The average molecular weight is 458 g/mol. The van der Waals surface area contributed by atoms with Gasteiger partial charge in [0.25, 0.3) is 5.91 Å². The number of alkyl halides is 5. The molecule has 3 aromatic rings. The van der Waals surface area contributed by atoms with E-state index in [0.29, 0.717) is 22.0 Å². The van der Waals surface area contributed by atoms with Gasteiger partial charge in [-0.05, 0) is 42.0 Å². The number of carbonyl (C=O) groups excluding carboxylic acids is 1. The number of rotatable bonds is 8. The van der Waals surface area contributed by atoms with E-state index in [1.54, 1.807) is 23.6 Å². The molecule has 0 aliphatic rings. The van der Waals surface area contributed by atoms with E-state index in [2.05, 4.69) is 19.8 Å². The lowest BCUT2D eigenvalue weighted by atomic mass is 10.1. The van der Waals surface area contributed by atoms with Crippen molar-refractivity contribution < 1.29 is 36.2 Å². The van der Waals surface area contributed by atoms with Gasteiger partial charge in [0.15, 0.2) is 5.13 Å². The molecule has 2 aromatic carbocycles. The van der Waals surface area contributed by atoms with E-state index in [9.17, 15) is 26.7 Å². The minimum absolute atomic E-state index is 0.0154. The second-order valence-electron chi connectivity index (χ2n) is 6.20. The lowest BCUT2D eigenvalue weighted by Crippen LogP contribution is -2.17. The fourth-order valence-electron chi connectivity index (χ4n) is 2.53. The molecule has 0 radical (unpaired) electrons. The van der Waals surface area contributed by atoms with E-state index in [1.807, 2.05) is 0 Å². The van der Waals surface area contributed by atoms with Crippen molar-refractivity contribution in [1.29, 1.82) is 0 Å². The Morgan fingerprint density at radius 1 is 1.13 bits per heavy atom. The first-order valence-corrected chi connectivity index (χ1v) is 9.63. The Labute approximate surface area is 177 Å². The van der Waals surface area contributed by atoms with Gasteiger partial charge in [-0.25, -0.2) is 4.98 Å². The molecule has 164 valence electrons. The first-order valence-electron chi connectivity index (χ1n) is 8.75. The summed E-state index contributed by atoms with van der Waals surface area (Å²) in [4.78, 5) is 16.7. The van der Waals surface area contributed by atoms with E-state index in [0.717, 1.165) is 11.3 Å². The largest absolute Gasteiger partial charge is 0.435 e. The molecule has 0 fully saturated rings. The molecule has 1 amide bonds. The normalized spacial score (nSPS) is 11.5. The highest BCUT2D eigenvalue weighted by atomic mass is 32.1. The summed E-state index contributed by atoms with van der Waals surface area (Å²) in [6.07, 6.45) is -4.42. The number of nitrogens with one attached hydrogen (secondary N) is 1. The molecular weight excluding hydrogens is 443 g/mol. The first-order chi connectivity index (χ1) is 14.7. The molecule has 3 rings (SSSR count). The van der Waals surface area contributed by atoms with Gasteiger partial charge in [-0.1, -0.05) is 12.1 Å². The van der Waals surface area contributed by atoms with Gasteiger partial charge in [0.1, 0.15) is 12.4 Å². The highest BCUT2D eigenvalue weighted by Gasteiger charge is 2.27. The number of benzene rings is 2. The van der Waals surface area contributed by atoms with Crippen LogP contribution in [0.25, 0.3) is 11.3 Å². The fourth-order valence-corrected chi connectivity index (χ4v) is 3.24. The van der Waals surface area contributed by atoms with Crippen LogP contribution < -0.4 is 10.1 Å². The van der Waals surface area contributed by atoms with Crippen LogP contribution in [0.5, 0.6) is 5.75 Å². The topological polar surface area (TPSA) is 60.5 Å². The molecule has 0 aliphatic carbocycles. The van der Waals surface area contributed by atoms with Gasteiger partial charge in [-0.3, -0.25) is 10.1 Å². The summed E-state index contributed by atoms with van der Waals surface area (Å²) in [6, 6.07) is 11.9. The Hall–Kier alpha value is -3.05. The van der Waals surface area contributed by atoms with Crippen LogP contribution in [0.3, 0.4) is 0 Å². The lowest BCUT2D eigenvalue weighted by Gasteiger charge is -2.08. The Morgan fingerprint density at radius 3 is 2.55 bits per heavy atom. The number of carbonyl (C=O) groups is 1. The Kier molecular flexibility index (Phi) is 7.18. The van der Waals surface area contributed by atoms with E-state index < -0.39 is 25.3 Å². The maximum atomic E-state index is 12.4. The van der Waals surface area contributed by atoms with E-state index >= 15 is 0 Å². The van der Waals surface area contributed by atoms with Crippen molar-refractivity contribution in [2.75, 3.05) is 11.9 Å². The summed E-state index contributed by atoms with van der Waals surface area (Å²) in [5.74, 6) is -0.471. The molecule has 31 heavy (non-hydrogen) atoms. The summed E-state index contributed by atoms with van der Waals surface area (Å²) in [6.45, 7) is -4.57.